The Hall–Kier alpha value is -1.16. The maximum Gasteiger partial charge on any atom is 0.381 e. The molecule has 0 aromatic heterocycles. The van der Waals surface area contributed by atoms with Gasteiger partial charge in [-0.1, -0.05) is 6.58 Å². The summed E-state index contributed by atoms with van der Waals surface area (Å²) in [4.78, 5) is 20.9. The first kappa shape index (κ1) is 8.84. The summed E-state index contributed by atoms with van der Waals surface area (Å²) in [6.07, 6.45) is 0. The molecular formula is C6H8O4. The highest BCUT2D eigenvalue weighted by Crippen LogP contribution is 1.91. The number of ether oxygens (including phenoxy) is 1. The molecule has 0 aromatic carbocycles. The van der Waals surface area contributed by atoms with E-state index in [1.165, 1.54) is 6.92 Å². The fourth-order valence-corrected chi connectivity index (χ4v) is 0.298. The van der Waals surface area contributed by atoms with Gasteiger partial charge >= 0.3 is 5.97 Å². The van der Waals surface area contributed by atoms with Crippen LogP contribution in [0.3, 0.4) is 0 Å². The number of Topliss-reactive ketones (excluding diaryl/α,β-unsaturated/α-hetero) is 1. The smallest absolute Gasteiger partial charge is 0.381 e. The van der Waals surface area contributed by atoms with Crippen molar-refractivity contribution in [2.45, 2.75) is 6.92 Å². The molecule has 0 heterocycles. The molecular weight excluding hydrogens is 136 g/mol. The molecule has 10 heavy (non-hydrogen) atoms. The van der Waals surface area contributed by atoms with Crippen LogP contribution in [-0.2, 0) is 14.3 Å². The summed E-state index contributed by atoms with van der Waals surface area (Å²) in [6.45, 7) is 3.84. The van der Waals surface area contributed by atoms with Gasteiger partial charge in [0.1, 0.15) is 0 Å². The maximum atomic E-state index is 10.5. The molecule has 0 aliphatic rings. The first-order valence-corrected chi connectivity index (χ1v) is 2.57. The van der Waals surface area contributed by atoms with Gasteiger partial charge in [-0.15, -0.1) is 0 Å². The van der Waals surface area contributed by atoms with E-state index in [9.17, 15) is 9.59 Å². The molecule has 0 aromatic rings. The maximum absolute atomic E-state index is 10.5. The van der Waals surface area contributed by atoms with Crippen molar-refractivity contribution >= 4 is 11.8 Å². The molecule has 0 rings (SSSR count). The number of esters is 1. The number of aliphatic hydroxyl groups excluding tert-OH is 1. The van der Waals surface area contributed by atoms with Crippen LogP contribution in [-0.4, -0.2) is 23.7 Å². The van der Waals surface area contributed by atoms with Crippen LogP contribution in [0.5, 0.6) is 0 Å². The van der Waals surface area contributed by atoms with Crippen LogP contribution in [0.1, 0.15) is 6.92 Å². The minimum atomic E-state index is -1.07. The Morgan fingerprint density at radius 3 is 2.40 bits per heavy atom. The van der Waals surface area contributed by atoms with Gasteiger partial charge in [0.05, 0.1) is 0 Å². The molecule has 4 heteroatoms. The number of hydrogen-bond acceptors (Lipinski definition) is 4. The highest BCUT2D eigenvalue weighted by atomic mass is 16.6. The lowest BCUT2D eigenvalue weighted by Gasteiger charge is -1.96. The van der Waals surface area contributed by atoms with Gasteiger partial charge in [0.25, 0.3) is 5.78 Å². The van der Waals surface area contributed by atoms with E-state index in [-0.39, 0.29) is 5.57 Å². The van der Waals surface area contributed by atoms with E-state index in [0.29, 0.717) is 0 Å². The van der Waals surface area contributed by atoms with E-state index in [4.69, 9.17) is 5.11 Å². The minimum absolute atomic E-state index is 0.0958. The van der Waals surface area contributed by atoms with Gasteiger partial charge in [0, 0.05) is 0 Å². The van der Waals surface area contributed by atoms with Gasteiger partial charge in [-0.2, -0.15) is 0 Å². The van der Waals surface area contributed by atoms with E-state index in [1.807, 2.05) is 0 Å². The standard InChI is InChI=1S/C6H8O4/c1-4(2)5(8)6(9)10-3-7/h7H,1,3H2,2H3. The van der Waals surface area contributed by atoms with Gasteiger partial charge in [-0.3, -0.25) is 4.79 Å². The van der Waals surface area contributed by atoms with Crippen molar-refractivity contribution in [3.63, 3.8) is 0 Å². The van der Waals surface area contributed by atoms with E-state index in [1.54, 1.807) is 0 Å². The third-order valence-electron chi connectivity index (χ3n) is 0.769. The Labute approximate surface area is 58.1 Å². The van der Waals surface area contributed by atoms with E-state index >= 15 is 0 Å². The number of rotatable bonds is 3. The molecule has 0 aliphatic heterocycles. The molecule has 0 fully saturated rings. The second-order valence-corrected chi connectivity index (χ2v) is 1.67. The molecule has 0 amide bonds. The Morgan fingerprint density at radius 2 is 2.10 bits per heavy atom. The van der Waals surface area contributed by atoms with Crippen LogP contribution >= 0.6 is 0 Å². The van der Waals surface area contributed by atoms with Gasteiger partial charge < -0.3 is 9.84 Å². The summed E-state index contributed by atoms with van der Waals surface area (Å²) >= 11 is 0. The SMILES string of the molecule is C=C(C)C(=O)C(=O)OCO. The highest BCUT2D eigenvalue weighted by molar-refractivity contribution is 6.40. The molecule has 0 aliphatic carbocycles. The molecule has 0 bridgehead atoms. The van der Waals surface area contributed by atoms with Gasteiger partial charge in [0.2, 0.25) is 0 Å². The molecule has 0 spiro atoms. The second kappa shape index (κ2) is 3.79. The molecule has 0 saturated heterocycles. The van der Waals surface area contributed by atoms with Crippen molar-refractivity contribution in [1.29, 1.82) is 0 Å². The summed E-state index contributed by atoms with van der Waals surface area (Å²) in [5, 5.41) is 8.04. The third-order valence-corrected chi connectivity index (χ3v) is 0.769. The van der Waals surface area contributed by atoms with Gasteiger partial charge in [-0.25, -0.2) is 4.79 Å². The highest BCUT2D eigenvalue weighted by Gasteiger charge is 2.14. The molecule has 1 N–H and O–H groups in total. The lowest BCUT2D eigenvalue weighted by Crippen LogP contribution is -2.18. The van der Waals surface area contributed by atoms with Crippen LogP contribution in [0.25, 0.3) is 0 Å². The van der Waals surface area contributed by atoms with E-state index < -0.39 is 18.5 Å². The normalized spacial score (nSPS) is 8.60. The zero-order valence-electron chi connectivity index (χ0n) is 5.59. The van der Waals surface area contributed by atoms with Crippen molar-refractivity contribution in [2.75, 3.05) is 6.79 Å². The topological polar surface area (TPSA) is 63.6 Å². The second-order valence-electron chi connectivity index (χ2n) is 1.67. The molecule has 0 radical (unpaired) electrons. The lowest BCUT2D eigenvalue weighted by atomic mass is 10.2. The monoisotopic (exact) mass is 144 g/mol. The predicted molar refractivity (Wildman–Crippen MR) is 33.0 cm³/mol. The zero-order chi connectivity index (χ0) is 8.15. The van der Waals surface area contributed by atoms with E-state index in [0.717, 1.165) is 0 Å². The third kappa shape index (κ3) is 2.41. The molecule has 4 nitrogen and oxygen atoms in total. The zero-order valence-corrected chi connectivity index (χ0v) is 5.59. The predicted octanol–water partition coefficient (Wildman–Crippen LogP) is -0.375. The number of carbonyl (C=O) groups is 2. The summed E-state index contributed by atoms with van der Waals surface area (Å²) in [5.74, 6) is -1.89. The van der Waals surface area contributed by atoms with Crippen LogP contribution in [0.2, 0.25) is 0 Å². The Morgan fingerprint density at radius 1 is 1.60 bits per heavy atom. The summed E-state index contributed by atoms with van der Waals surface area (Å²) in [7, 11) is 0. The first-order valence-electron chi connectivity index (χ1n) is 2.57. The van der Waals surface area contributed by atoms with Gasteiger partial charge in [-0.05, 0) is 12.5 Å². The number of carbonyl (C=O) groups excluding carboxylic acids is 2. The van der Waals surface area contributed by atoms with Crippen LogP contribution in [0, 0.1) is 0 Å². The fraction of sp³-hybridized carbons (Fsp3) is 0.333. The Bertz CT molecular complexity index is 171. The lowest BCUT2D eigenvalue weighted by molar-refractivity contribution is -0.158. The Kier molecular flexibility index (Phi) is 3.35. The van der Waals surface area contributed by atoms with E-state index in [2.05, 4.69) is 11.3 Å². The average molecular weight is 144 g/mol. The van der Waals surface area contributed by atoms with Crippen molar-refractivity contribution in [3.05, 3.63) is 12.2 Å². The Balaban J connectivity index is 3.96. The van der Waals surface area contributed by atoms with Gasteiger partial charge in [0.15, 0.2) is 6.79 Å². The van der Waals surface area contributed by atoms with Crippen molar-refractivity contribution in [1.82, 2.24) is 0 Å². The fourth-order valence-electron chi connectivity index (χ4n) is 0.298. The average Bonchev–Trinajstić information content (AvgIpc) is 1.87. The summed E-state index contributed by atoms with van der Waals surface area (Å²) in [5.41, 5.74) is 0.0958. The molecule has 0 saturated carbocycles. The molecule has 56 valence electrons. The number of ketones is 1. The quantitative estimate of drug-likeness (QED) is 0.254. The number of hydrogen-bond donors (Lipinski definition) is 1. The molecule has 0 atom stereocenters. The first-order chi connectivity index (χ1) is 4.59. The van der Waals surface area contributed by atoms with Crippen LogP contribution < -0.4 is 0 Å². The largest absolute Gasteiger partial charge is 0.433 e. The number of aliphatic hydroxyl groups is 1. The molecule has 0 unspecified atom stereocenters. The van der Waals surface area contributed by atoms with Crippen molar-refractivity contribution in [2.24, 2.45) is 0 Å². The minimum Gasteiger partial charge on any atom is -0.433 e. The van der Waals surface area contributed by atoms with Crippen molar-refractivity contribution < 1.29 is 19.4 Å². The summed E-state index contributed by atoms with van der Waals surface area (Å²) in [6, 6.07) is 0. The summed E-state index contributed by atoms with van der Waals surface area (Å²) < 4.78 is 3.97. The van der Waals surface area contributed by atoms with Crippen molar-refractivity contribution in [3.8, 4) is 0 Å². The van der Waals surface area contributed by atoms with Crippen LogP contribution in [0.15, 0.2) is 12.2 Å². The van der Waals surface area contributed by atoms with Crippen LogP contribution in [0.4, 0.5) is 0 Å².